The molecule has 1 heterocycles. The van der Waals surface area contributed by atoms with Crippen LogP contribution in [-0.2, 0) is 6.54 Å². The average Bonchev–Trinajstić information content (AvgIpc) is 2.89. The zero-order valence-corrected chi connectivity index (χ0v) is 11.6. The molecule has 0 spiro atoms. The predicted molar refractivity (Wildman–Crippen MR) is 73.9 cm³/mol. The highest BCUT2D eigenvalue weighted by molar-refractivity contribution is 9.10. The van der Waals surface area contributed by atoms with E-state index in [1.807, 2.05) is 6.20 Å². The summed E-state index contributed by atoms with van der Waals surface area (Å²) in [6.45, 7) is 1.52. The number of nitro groups is 1. The van der Waals surface area contributed by atoms with Crippen LogP contribution in [0.25, 0.3) is 0 Å². The van der Waals surface area contributed by atoms with Gasteiger partial charge in [-0.15, -0.1) is 5.10 Å². The van der Waals surface area contributed by atoms with Gasteiger partial charge in [0.2, 0.25) is 0 Å². The molecular weight excluding hydrogens is 314 g/mol. The van der Waals surface area contributed by atoms with E-state index in [4.69, 9.17) is 0 Å². The molecule has 1 aromatic heterocycles. The van der Waals surface area contributed by atoms with Gasteiger partial charge in [0, 0.05) is 41.6 Å². The lowest BCUT2D eigenvalue weighted by atomic mass is 10.3. The SMILES string of the molecule is O=[N+]([O-])c1ccc(NCCCn2ccnn2)c(Br)c1. The molecule has 0 fully saturated rings. The van der Waals surface area contributed by atoms with E-state index >= 15 is 0 Å². The minimum Gasteiger partial charge on any atom is -0.384 e. The Bertz CT molecular complexity index is 558. The summed E-state index contributed by atoms with van der Waals surface area (Å²) in [6.07, 6.45) is 4.33. The molecule has 0 bridgehead atoms. The number of halogens is 1. The van der Waals surface area contributed by atoms with Crippen molar-refractivity contribution in [2.45, 2.75) is 13.0 Å². The summed E-state index contributed by atoms with van der Waals surface area (Å²) in [5.41, 5.74) is 0.907. The Balaban J connectivity index is 1.84. The standard InChI is InChI=1S/C11H12BrN5O2/c12-10-8-9(17(18)19)2-3-11(10)13-4-1-6-16-7-5-14-15-16/h2-3,5,7-8,13H,1,4,6H2. The first-order valence-corrected chi connectivity index (χ1v) is 6.48. The van der Waals surface area contributed by atoms with Crippen molar-refractivity contribution in [1.82, 2.24) is 15.0 Å². The molecule has 19 heavy (non-hydrogen) atoms. The Hall–Kier alpha value is -1.96. The summed E-state index contributed by atoms with van der Waals surface area (Å²) in [6, 6.07) is 4.65. The Morgan fingerprint density at radius 1 is 1.47 bits per heavy atom. The minimum absolute atomic E-state index is 0.0695. The quantitative estimate of drug-likeness (QED) is 0.501. The smallest absolute Gasteiger partial charge is 0.270 e. The Morgan fingerprint density at radius 3 is 2.95 bits per heavy atom. The third-order valence-electron chi connectivity index (χ3n) is 2.51. The molecule has 100 valence electrons. The van der Waals surface area contributed by atoms with Gasteiger partial charge in [0.1, 0.15) is 0 Å². The van der Waals surface area contributed by atoms with Gasteiger partial charge in [-0.05, 0) is 28.4 Å². The maximum absolute atomic E-state index is 10.6. The molecule has 0 aliphatic carbocycles. The number of aryl methyl sites for hydroxylation is 1. The van der Waals surface area contributed by atoms with Crippen molar-refractivity contribution in [3.63, 3.8) is 0 Å². The molecule has 2 aromatic rings. The molecule has 0 unspecified atom stereocenters. The molecule has 0 radical (unpaired) electrons. The third-order valence-corrected chi connectivity index (χ3v) is 3.17. The van der Waals surface area contributed by atoms with Crippen LogP contribution in [0.5, 0.6) is 0 Å². The van der Waals surface area contributed by atoms with Crippen molar-refractivity contribution < 1.29 is 4.92 Å². The maximum Gasteiger partial charge on any atom is 0.270 e. The van der Waals surface area contributed by atoms with E-state index in [1.54, 1.807) is 16.9 Å². The minimum atomic E-state index is -0.417. The molecule has 0 saturated carbocycles. The number of hydrogen-bond acceptors (Lipinski definition) is 5. The molecule has 2 rings (SSSR count). The summed E-state index contributed by atoms with van der Waals surface area (Å²) in [4.78, 5) is 10.2. The summed E-state index contributed by atoms with van der Waals surface area (Å²) in [5.74, 6) is 0. The second kappa shape index (κ2) is 6.28. The van der Waals surface area contributed by atoms with Gasteiger partial charge in [-0.1, -0.05) is 5.21 Å². The molecule has 1 N–H and O–H groups in total. The topological polar surface area (TPSA) is 85.9 Å². The number of hydrogen-bond donors (Lipinski definition) is 1. The first-order chi connectivity index (χ1) is 9.16. The second-order valence-electron chi connectivity index (χ2n) is 3.87. The van der Waals surface area contributed by atoms with Crippen LogP contribution in [-0.4, -0.2) is 26.5 Å². The maximum atomic E-state index is 10.6. The monoisotopic (exact) mass is 325 g/mol. The molecule has 0 aliphatic heterocycles. The van der Waals surface area contributed by atoms with Gasteiger partial charge >= 0.3 is 0 Å². The molecule has 0 atom stereocenters. The van der Waals surface area contributed by atoms with Crippen LogP contribution in [0.3, 0.4) is 0 Å². The highest BCUT2D eigenvalue weighted by Gasteiger charge is 2.08. The normalized spacial score (nSPS) is 10.4. The van der Waals surface area contributed by atoms with Gasteiger partial charge in [-0.2, -0.15) is 0 Å². The Morgan fingerprint density at radius 2 is 2.32 bits per heavy atom. The second-order valence-corrected chi connectivity index (χ2v) is 4.72. The fourth-order valence-corrected chi connectivity index (χ4v) is 2.08. The fourth-order valence-electron chi connectivity index (χ4n) is 1.58. The van der Waals surface area contributed by atoms with Crippen LogP contribution < -0.4 is 5.32 Å². The van der Waals surface area contributed by atoms with Crippen LogP contribution in [0.1, 0.15) is 6.42 Å². The average molecular weight is 326 g/mol. The number of aromatic nitrogens is 3. The van der Waals surface area contributed by atoms with Crippen LogP contribution in [0.15, 0.2) is 35.1 Å². The van der Waals surface area contributed by atoms with Gasteiger partial charge in [0.25, 0.3) is 5.69 Å². The van der Waals surface area contributed by atoms with Crippen LogP contribution >= 0.6 is 15.9 Å². The molecule has 8 heteroatoms. The first kappa shape index (κ1) is 13.5. The highest BCUT2D eigenvalue weighted by Crippen LogP contribution is 2.26. The van der Waals surface area contributed by atoms with Crippen LogP contribution in [0, 0.1) is 10.1 Å². The molecule has 0 amide bonds. The van der Waals surface area contributed by atoms with Gasteiger partial charge in [0.15, 0.2) is 0 Å². The van der Waals surface area contributed by atoms with E-state index in [-0.39, 0.29) is 5.69 Å². The molecule has 1 aromatic carbocycles. The zero-order valence-electron chi connectivity index (χ0n) is 9.99. The van der Waals surface area contributed by atoms with E-state index < -0.39 is 4.92 Å². The number of non-ortho nitro benzene ring substituents is 1. The summed E-state index contributed by atoms with van der Waals surface area (Å²) in [5, 5.41) is 21.4. The lowest BCUT2D eigenvalue weighted by Crippen LogP contribution is -2.07. The van der Waals surface area contributed by atoms with E-state index in [1.165, 1.54) is 12.1 Å². The number of nitrogens with one attached hydrogen (secondary N) is 1. The highest BCUT2D eigenvalue weighted by atomic mass is 79.9. The summed E-state index contributed by atoms with van der Waals surface area (Å²) >= 11 is 3.31. The number of nitro benzene ring substituents is 1. The van der Waals surface area contributed by atoms with Crippen molar-refractivity contribution >= 4 is 27.3 Å². The van der Waals surface area contributed by atoms with Gasteiger partial charge in [-0.25, -0.2) is 0 Å². The molecule has 0 saturated heterocycles. The van der Waals surface area contributed by atoms with Crippen molar-refractivity contribution in [2.24, 2.45) is 0 Å². The van der Waals surface area contributed by atoms with Gasteiger partial charge in [0.05, 0.1) is 11.1 Å². The van der Waals surface area contributed by atoms with Crippen molar-refractivity contribution in [3.8, 4) is 0 Å². The predicted octanol–water partition coefficient (Wildman–Crippen LogP) is 2.45. The number of anilines is 1. The molecule has 0 aliphatic rings. The largest absolute Gasteiger partial charge is 0.384 e. The molecular formula is C11H12BrN5O2. The lowest BCUT2D eigenvalue weighted by molar-refractivity contribution is -0.384. The van der Waals surface area contributed by atoms with E-state index in [0.717, 1.165) is 25.2 Å². The third kappa shape index (κ3) is 3.75. The number of benzene rings is 1. The summed E-state index contributed by atoms with van der Waals surface area (Å²) in [7, 11) is 0. The lowest BCUT2D eigenvalue weighted by Gasteiger charge is -2.08. The van der Waals surface area contributed by atoms with Gasteiger partial charge in [-0.3, -0.25) is 14.8 Å². The Kier molecular flexibility index (Phi) is 4.45. The number of nitrogens with zero attached hydrogens (tertiary/aromatic N) is 4. The van der Waals surface area contributed by atoms with Crippen molar-refractivity contribution in [1.29, 1.82) is 0 Å². The summed E-state index contributed by atoms with van der Waals surface area (Å²) < 4.78 is 2.44. The Labute approximate surface area is 117 Å². The van der Waals surface area contributed by atoms with E-state index in [9.17, 15) is 10.1 Å². The first-order valence-electron chi connectivity index (χ1n) is 5.69. The zero-order chi connectivity index (χ0) is 13.7. The van der Waals surface area contributed by atoms with E-state index in [2.05, 4.69) is 31.6 Å². The van der Waals surface area contributed by atoms with Crippen LogP contribution in [0.2, 0.25) is 0 Å². The van der Waals surface area contributed by atoms with Gasteiger partial charge < -0.3 is 5.32 Å². The number of rotatable bonds is 6. The molecule has 7 nitrogen and oxygen atoms in total. The fraction of sp³-hybridized carbons (Fsp3) is 0.273. The van der Waals surface area contributed by atoms with Crippen molar-refractivity contribution in [3.05, 3.63) is 45.2 Å². The van der Waals surface area contributed by atoms with Crippen molar-refractivity contribution in [2.75, 3.05) is 11.9 Å². The van der Waals surface area contributed by atoms with E-state index in [0.29, 0.717) is 4.47 Å². The van der Waals surface area contributed by atoms with Crippen LogP contribution in [0.4, 0.5) is 11.4 Å².